The first kappa shape index (κ1) is 29.7. The van der Waals surface area contributed by atoms with Gasteiger partial charge in [-0.3, -0.25) is 4.57 Å². The van der Waals surface area contributed by atoms with Crippen LogP contribution in [0.15, 0.2) is 18.7 Å². The average molecular weight is 576 g/mol. The number of hydrogen-bond acceptors (Lipinski definition) is 12. The van der Waals surface area contributed by atoms with Crippen LogP contribution in [-0.4, -0.2) is 80.9 Å². The van der Waals surface area contributed by atoms with Crippen molar-refractivity contribution in [1.29, 1.82) is 0 Å². The van der Waals surface area contributed by atoms with Gasteiger partial charge in [-0.1, -0.05) is 0 Å². The van der Waals surface area contributed by atoms with Crippen LogP contribution in [0.3, 0.4) is 0 Å². The Bertz CT molecular complexity index is 1400. The molecule has 1 fully saturated rings. The Morgan fingerprint density at radius 2 is 1.68 bits per heavy atom. The van der Waals surface area contributed by atoms with Gasteiger partial charge in [0.25, 0.3) is 0 Å². The smallest absolute Gasteiger partial charge is 0.245 e. The maximum absolute atomic E-state index is 14.0. The highest BCUT2D eigenvalue weighted by molar-refractivity contribution is 7.91. The zero-order valence-electron chi connectivity index (χ0n) is 24.2. The van der Waals surface area contributed by atoms with Crippen molar-refractivity contribution in [1.82, 2.24) is 34.7 Å². The van der Waals surface area contributed by atoms with Crippen LogP contribution in [0.1, 0.15) is 76.1 Å². The molecule has 4 rings (SSSR count). The highest BCUT2D eigenvalue weighted by atomic mass is 32.2. The molecule has 0 amide bonds. The molecule has 1 aliphatic heterocycles. The van der Waals surface area contributed by atoms with Crippen molar-refractivity contribution in [3.8, 4) is 17.4 Å². The van der Waals surface area contributed by atoms with E-state index >= 15 is 0 Å². The molecule has 1 saturated heterocycles. The van der Waals surface area contributed by atoms with Crippen LogP contribution in [0.25, 0.3) is 5.69 Å². The lowest BCUT2D eigenvalue weighted by molar-refractivity contribution is 0.00140. The highest BCUT2D eigenvalue weighted by Gasteiger charge is 2.40. The predicted molar refractivity (Wildman–Crippen MR) is 145 cm³/mol. The van der Waals surface area contributed by atoms with Crippen LogP contribution in [-0.2, 0) is 25.1 Å². The van der Waals surface area contributed by atoms with E-state index < -0.39 is 26.9 Å². The second kappa shape index (κ2) is 11.7. The van der Waals surface area contributed by atoms with Gasteiger partial charge < -0.3 is 18.9 Å². The molecule has 3 aromatic rings. The van der Waals surface area contributed by atoms with Crippen molar-refractivity contribution in [3.05, 3.63) is 41.8 Å². The van der Waals surface area contributed by atoms with Crippen molar-refractivity contribution in [2.45, 2.75) is 82.7 Å². The summed E-state index contributed by atoms with van der Waals surface area (Å²) in [7, 11) is -0.975. The maximum Gasteiger partial charge on any atom is 0.245 e. The minimum atomic E-state index is -3.90. The molecule has 0 saturated carbocycles. The van der Waals surface area contributed by atoms with Crippen LogP contribution in [0.4, 0.5) is 0 Å². The summed E-state index contributed by atoms with van der Waals surface area (Å²) in [5.41, 5.74) is 0.793. The molecule has 1 aliphatic rings. The van der Waals surface area contributed by atoms with Gasteiger partial charge in [0.1, 0.15) is 24.0 Å². The zero-order chi connectivity index (χ0) is 29.2. The maximum atomic E-state index is 14.0. The first-order chi connectivity index (χ1) is 18.9. The minimum absolute atomic E-state index is 0.158. The molecule has 14 heteroatoms. The average Bonchev–Trinajstić information content (AvgIpc) is 3.48. The first-order valence-electron chi connectivity index (χ1n) is 13.0. The van der Waals surface area contributed by atoms with Gasteiger partial charge in [-0.25, -0.2) is 18.4 Å². The van der Waals surface area contributed by atoms with E-state index in [4.69, 9.17) is 18.9 Å². The topological polar surface area (TPSA) is 153 Å². The van der Waals surface area contributed by atoms with E-state index in [0.29, 0.717) is 30.4 Å². The summed E-state index contributed by atoms with van der Waals surface area (Å²) in [4.78, 5) is 17.2. The largest absolute Gasteiger partial charge is 0.479 e. The second-order valence-electron chi connectivity index (χ2n) is 10.8. The molecule has 0 N–H and O–H groups in total. The van der Waals surface area contributed by atoms with E-state index in [1.54, 1.807) is 23.9 Å². The third kappa shape index (κ3) is 6.23. The standard InChI is InChI=1S/C26H37N7O6S/c1-15(2)39-21(22-27-10-16(3)11-28-22)17(4)40(34,35)13-19-31-32-23(18-9-26(5,6)38-12-18)33(19)20-24(36-7)29-14-30-25(20)37-8/h10-11,14-15,17-18,21H,9,12-13H2,1-8H3/t17-,18-,21+/m0/s1. The molecule has 0 bridgehead atoms. The van der Waals surface area contributed by atoms with Crippen LogP contribution >= 0.6 is 0 Å². The summed E-state index contributed by atoms with van der Waals surface area (Å²) in [6.07, 6.45) is 4.08. The van der Waals surface area contributed by atoms with Gasteiger partial charge in [-0.2, -0.15) is 9.97 Å². The van der Waals surface area contributed by atoms with Gasteiger partial charge in [-0.15, -0.1) is 10.2 Å². The number of methoxy groups -OCH3 is 2. The lowest BCUT2D eigenvalue weighted by Gasteiger charge is -2.25. The Labute approximate surface area is 234 Å². The molecule has 3 atom stereocenters. The Hall–Kier alpha value is -3.23. The number of hydrogen-bond donors (Lipinski definition) is 0. The molecule has 0 aliphatic carbocycles. The van der Waals surface area contributed by atoms with E-state index in [1.807, 2.05) is 34.6 Å². The van der Waals surface area contributed by atoms with Gasteiger partial charge >= 0.3 is 0 Å². The van der Waals surface area contributed by atoms with Crippen molar-refractivity contribution >= 4 is 9.84 Å². The summed E-state index contributed by atoms with van der Waals surface area (Å²) in [6, 6.07) is 0. The molecule has 40 heavy (non-hydrogen) atoms. The number of rotatable bonds is 11. The molecule has 0 unspecified atom stereocenters. The van der Waals surface area contributed by atoms with Crippen molar-refractivity contribution in [3.63, 3.8) is 0 Å². The van der Waals surface area contributed by atoms with Gasteiger partial charge in [0, 0.05) is 18.3 Å². The molecular formula is C26H37N7O6S. The SMILES string of the molecule is COc1ncnc(OC)c1-n1c(CS(=O)(=O)[C@@H](C)[C@@H](OC(C)C)c2ncc(C)cn2)nnc1[C@@H]1COC(C)(C)C1. The number of ether oxygens (including phenoxy) is 4. The van der Waals surface area contributed by atoms with E-state index in [0.717, 1.165) is 5.56 Å². The molecule has 13 nitrogen and oxygen atoms in total. The van der Waals surface area contributed by atoms with Crippen molar-refractivity contribution < 1.29 is 27.4 Å². The number of aromatic nitrogens is 7. The summed E-state index contributed by atoms with van der Waals surface area (Å²) < 4.78 is 52.6. The fourth-order valence-corrected chi connectivity index (χ4v) is 6.07. The lowest BCUT2D eigenvalue weighted by Crippen LogP contribution is -2.32. The van der Waals surface area contributed by atoms with Gasteiger partial charge in [0.05, 0.1) is 37.8 Å². The van der Waals surface area contributed by atoms with E-state index in [9.17, 15) is 8.42 Å². The van der Waals surface area contributed by atoms with E-state index in [-0.39, 0.29) is 35.2 Å². The third-order valence-corrected chi connectivity index (χ3v) is 8.74. The molecule has 3 aromatic heterocycles. The summed E-state index contributed by atoms with van der Waals surface area (Å²) in [5.74, 6) is 0.714. The lowest BCUT2D eigenvalue weighted by atomic mass is 9.97. The second-order valence-corrected chi connectivity index (χ2v) is 13.1. The van der Waals surface area contributed by atoms with Crippen LogP contribution < -0.4 is 9.47 Å². The molecule has 218 valence electrons. The predicted octanol–water partition coefficient (Wildman–Crippen LogP) is 2.93. The number of nitrogens with zero attached hydrogens (tertiary/aromatic N) is 7. The highest BCUT2D eigenvalue weighted by Crippen LogP contribution is 2.39. The quantitative estimate of drug-likeness (QED) is 0.330. The van der Waals surface area contributed by atoms with Crippen LogP contribution in [0, 0.1) is 6.92 Å². The third-order valence-electron chi connectivity index (χ3n) is 6.70. The van der Waals surface area contributed by atoms with Crippen LogP contribution in [0.2, 0.25) is 0 Å². The molecule has 0 radical (unpaired) electrons. The summed E-state index contributed by atoms with van der Waals surface area (Å²) in [6.45, 7) is 11.5. The van der Waals surface area contributed by atoms with Gasteiger partial charge in [0.15, 0.2) is 27.2 Å². The van der Waals surface area contributed by atoms with Gasteiger partial charge in [-0.05, 0) is 53.5 Å². The number of sulfone groups is 1. The molecule has 0 aromatic carbocycles. The Morgan fingerprint density at radius 1 is 1.05 bits per heavy atom. The van der Waals surface area contributed by atoms with Crippen molar-refractivity contribution in [2.75, 3.05) is 20.8 Å². The summed E-state index contributed by atoms with van der Waals surface area (Å²) >= 11 is 0. The monoisotopic (exact) mass is 575 g/mol. The fourth-order valence-electron chi connectivity index (χ4n) is 4.70. The molecule has 4 heterocycles. The minimum Gasteiger partial charge on any atom is -0.479 e. The van der Waals surface area contributed by atoms with Gasteiger partial charge in [0.2, 0.25) is 11.8 Å². The van der Waals surface area contributed by atoms with Crippen molar-refractivity contribution in [2.24, 2.45) is 0 Å². The first-order valence-corrected chi connectivity index (χ1v) is 14.8. The Balaban J connectivity index is 1.80. The molecular weight excluding hydrogens is 538 g/mol. The zero-order valence-corrected chi connectivity index (χ0v) is 25.0. The van der Waals surface area contributed by atoms with E-state index in [1.165, 1.54) is 20.5 Å². The normalized spacial score (nSPS) is 18.6. The fraction of sp³-hybridized carbons (Fsp3) is 0.615. The number of aryl methyl sites for hydroxylation is 1. The summed E-state index contributed by atoms with van der Waals surface area (Å²) in [5, 5.41) is 7.78. The Morgan fingerprint density at radius 3 is 2.20 bits per heavy atom. The Kier molecular flexibility index (Phi) is 8.71. The van der Waals surface area contributed by atoms with E-state index in [2.05, 4.69) is 30.1 Å². The van der Waals surface area contributed by atoms with Crippen LogP contribution in [0.5, 0.6) is 11.8 Å². The molecule has 0 spiro atoms.